The summed E-state index contributed by atoms with van der Waals surface area (Å²) in [7, 11) is 0. The van der Waals surface area contributed by atoms with Crippen molar-refractivity contribution in [3.8, 4) is 0 Å². The third-order valence-electron chi connectivity index (χ3n) is 1.69. The smallest absolute Gasteiger partial charge is 0.226 e. The first-order chi connectivity index (χ1) is 6.36. The number of aromatic nitrogens is 2. The Balaban J connectivity index is 2.31. The molecule has 0 amide bonds. The van der Waals surface area contributed by atoms with E-state index in [-0.39, 0.29) is 6.61 Å². The highest BCUT2D eigenvalue weighted by Crippen LogP contribution is 2.02. The molecule has 0 fully saturated rings. The van der Waals surface area contributed by atoms with Gasteiger partial charge in [-0.1, -0.05) is 5.16 Å². The fourth-order valence-corrected chi connectivity index (χ4v) is 1.01. The summed E-state index contributed by atoms with van der Waals surface area (Å²) in [4.78, 5) is 4.09. The first-order valence-corrected chi connectivity index (χ1v) is 4.49. The van der Waals surface area contributed by atoms with E-state index in [1.807, 2.05) is 0 Å². The highest BCUT2D eigenvalue weighted by atomic mass is 16.5. The normalized spacial score (nSPS) is 10.6. The predicted octanol–water partition coefficient (Wildman–Crippen LogP) is -0.114. The number of rotatable bonds is 6. The monoisotopic (exact) mass is 185 g/mol. The van der Waals surface area contributed by atoms with E-state index in [9.17, 15) is 0 Å². The van der Waals surface area contributed by atoms with Crippen LogP contribution >= 0.6 is 0 Å². The van der Waals surface area contributed by atoms with E-state index >= 15 is 0 Å². The van der Waals surface area contributed by atoms with Gasteiger partial charge in [-0.2, -0.15) is 4.98 Å². The molecule has 13 heavy (non-hydrogen) atoms. The molecule has 1 rings (SSSR count). The van der Waals surface area contributed by atoms with E-state index < -0.39 is 0 Å². The van der Waals surface area contributed by atoms with Crippen LogP contribution in [-0.4, -0.2) is 28.4 Å². The molecule has 3 N–H and O–H groups in total. The van der Waals surface area contributed by atoms with Gasteiger partial charge in [-0.15, -0.1) is 0 Å². The summed E-state index contributed by atoms with van der Waals surface area (Å²) >= 11 is 0. The first kappa shape index (κ1) is 10.1. The molecule has 1 aromatic heterocycles. The zero-order chi connectivity index (χ0) is 9.52. The van der Waals surface area contributed by atoms with Crippen LogP contribution in [0.1, 0.15) is 24.6 Å². The highest BCUT2D eigenvalue weighted by molar-refractivity contribution is 4.86. The summed E-state index contributed by atoms with van der Waals surface area (Å²) in [5.41, 5.74) is 5.35. The molecule has 5 heteroatoms. The number of hydrogen-bond acceptors (Lipinski definition) is 5. The molecule has 0 radical (unpaired) electrons. The van der Waals surface area contributed by atoms with Crippen molar-refractivity contribution < 1.29 is 9.63 Å². The SMILES string of the molecule is NCCCCc1nc(CCO)no1. The Morgan fingerprint density at radius 1 is 1.31 bits per heavy atom. The van der Waals surface area contributed by atoms with Gasteiger partial charge in [0.15, 0.2) is 5.82 Å². The van der Waals surface area contributed by atoms with Crippen LogP contribution in [0.15, 0.2) is 4.52 Å². The molecule has 0 saturated carbocycles. The fraction of sp³-hybridized carbons (Fsp3) is 0.750. The van der Waals surface area contributed by atoms with Crippen LogP contribution in [0.3, 0.4) is 0 Å². The number of hydrogen-bond donors (Lipinski definition) is 2. The summed E-state index contributed by atoms with van der Waals surface area (Å²) in [5.74, 6) is 1.21. The number of aryl methyl sites for hydroxylation is 1. The van der Waals surface area contributed by atoms with Crippen LogP contribution in [-0.2, 0) is 12.8 Å². The van der Waals surface area contributed by atoms with Gasteiger partial charge in [-0.05, 0) is 19.4 Å². The van der Waals surface area contributed by atoms with E-state index in [0.717, 1.165) is 19.3 Å². The lowest BCUT2D eigenvalue weighted by molar-refractivity contribution is 0.292. The Labute approximate surface area is 76.9 Å². The minimum atomic E-state index is 0.0573. The molecule has 0 saturated heterocycles. The van der Waals surface area contributed by atoms with Gasteiger partial charge < -0.3 is 15.4 Å². The number of aliphatic hydroxyl groups is 1. The zero-order valence-electron chi connectivity index (χ0n) is 7.57. The minimum Gasteiger partial charge on any atom is -0.396 e. The summed E-state index contributed by atoms with van der Waals surface area (Å²) < 4.78 is 4.95. The molecule has 0 bridgehead atoms. The topological polar surface area (TPSA) is 85.2 Å². The summed E-state index contributed by atoms with van der Waals surface area (Å²) in [5, 5.41) is 12.3. The van der Waals surface area contributed by atoms with Crippen molar-refractivity contribution in [3.05, 3.63) is 11.7 Å². The molecule has 0 spiro atoms. The van der Waals surface area contributed by atoms with Gasteiger partial charge in [0.2, 0.25) is 5.89 Å². The summed E-state index contributed by atoms with van der Waals surface area (Å²) in [6.45, 7) is 0.749. The van der Waals surface area contributed by atoms with Crippen LogP contribution < -0.4 is 5.73 Å². The van der Waals surface area contributed by atoms with E-state index in [1.165, 1.54) is 0 Å². The first-order valence-electron chi connectivity index (χ1n) is 4.49. The van der Waals surface area contributed by atoms with Gasteiger partial charge >= 0.3 is 0 Å². The summed E-state index contributed by atoms with van der Waals surface area (Å²) in [6.07, 6.45) is 3.17. The second-order valence-corrected chi connectivity index (χ2v) is 2.82. The van der Waals surface area contributed by atoms with E-state index in [2.05, 4.69) is 10.1 Å². The van der Waals surface area contributed by atoms with Crippen molar-refractivity contribution in [2.24, 2.45) is 5.73 Å². The fourth-order valence-electron chi connectivity index (χ4n) is 1.01. The highest BCUT2D eigenvalue weighted by Gasteiger charge is 2.04. The van der Waals surface area contributed by atoms with Crippen molar-refractivity contribution in [1.82, 2.24) is 10.1 Å². The van der Waals surface area contributed by atoms with Crippen LogP contribution in [0.5, 0.6) is 0 Å². The Bertz CT molecular complexity index is 237. The largest absolute Gasteiger partial charge is 0.396 e. The van der Waals surface area contributed by atoms with E-state index in [4.69, 9.17) is 15.4 Å². The maximum absolute atomic E-state index is 8.60. The molecule has 0 unspecified atom stereocenters. The molecule has 74 valence electrons. The molecule has 0 aliphatic rings. The predicted molar refractivity (Wildman–Crippen MR) is 47.1 cm³/mol. The van der Waals surface area contributed by atoms with Gasteiger partial charge in [-0.25, -0.2) is 0 Å². The Morgan fingerprint density at radius 3 is 2.85 bits per heavy atom. The van der Waals surface area contributed by atoms with Crippen molar-refractivity contribution in [1.29, 1.82) is 0 Å². The van der Waals surface area contributed by atoms with Crippen molar-refractivity contribution in [2.45, 2.75) is 25.7 Å². The third kappa shape index (κ3) is 3.52. The summed E-state index contributed by atoms with van der Waals surface area (Å²) in [6, 6.07) is 0. The standard InChI is InChI=1S/C8H15N3O2/c9-5-2-1-3-8-10-7(4-6-12)11-13-8/h12H,1-6,9H2. The van der Waals surface area contributed by atoms with E-state index in [0.29, 0.717) is 24.7 Å². The molecule has 0 aliphatic heterocycles. The van der Waals surface area contributed by atoms with Gasteiger partial charge in [0.1, 0.15) is 0 Å². The van der Waals surface area contributed by atoms with Gasteiger partial charge in [0.25, 0.3) is 0 Å². The number of nitrogens with two attached hydrogens (primary N) is 1. The maximum atomic E-state index is 8.60. The van der Waals surface area contributed by atoms with Crippen molar-refractivity contribution in [3.63, 3.8) is 0 Å². The average Bonchev–Trinajstić information content (AvgIpc) is 2.54. The molecular formula is C8H15N3O2. The van der Waals surface area contributed by atoms with Crippen LogP contribution in [0.2, 0.25) is 0 Å². The second kappa shape index (κ2) is 5.66. The molecule has 0 aliphatic carbocycles. The molecule has 1 heterocycles. The Morgan fingerprint density at radius 2 is 2.15 bits per heavy atom. The van der Waals surface area contributed by atoms with Crippen LogP contribution in [0.4, 0.5) is 0 Å². The molecule has 1 aromatic rings. The zero-order valence-corrected chi connectivity index (χ0v) is 7.57. The number of aliphatic hydroxyl groups excluding tert-OH is 1. The quantitative estimate of drug-likeness (QED) is 0.604. The molecule has 0 aromatic carbocycles. The number of unbranched alkanes of at least 4 members (excludes halogenated alkanes) is 1. The Kier molecular flexibility index (Phi) is 4.42. The molecular weight excluding hydrogens is 170 g/mol. The third-order valence-corrected chi connectivity index (χ3v) is 1.69. The minimum absolute atomic E-state index is 0.0573. The number of nitrogens with zero attached hydrogens (tertiary/aromatic N) is 2. The van der Waals surface area contributed by atoms with Crippen LogP contribution in [0, 0.1) is 0 Å². The lowest BCUT2D eigenvalue weighted by Gasteiger charge is -1.91. The van der Waals surface area contributed by atoms with Gasteiger partial charge in [0, 0.05) is 12.8 Å². The van der Waals surface area contributed by atoms with Crippen molar-refractivity contribution in [2.75, 3.05) is 13.2 Å². The molecule has 5 nitrogen and oxygen atoms in total. The lowest BCUT2D eigenvalue weighted by atomic mass is 10.2. The average molecular weight is 185 g/mol. The van der Waals surface area contributed by atoms with Gasteiger partial charge in [-0.3, -0.25) is 0 Å². The molecule has 0 atom stereocenters. The second-order valence-electron chi connectivity index (χ2n) is 2.82. The van der Waals surface area contributed by atoms with Crippen molar-refractivity contribution >= 4 is 0 Å². The maximum Gasteiger partial charge on any atom is 0.226 e. The lowest BCUT2D eigenvalue weighted by Crippen LogP contribution is -1.99. The van der Waals surface area contributed by atoms with Crippen LogP contribution in [0.25, 0.3) is 0 Å². The van der Waals surface area contributed by atoms with E-state index in [1.54, 1.807) is 0 Å². The van der Waals surface area contributed by atoms with Gasteiger partial charge in [0.05, 0.1) is 6.61 Å². The Hall–Kier alpha value is -0.940.